The number of alkyl halides is 1. The van der Waals surface area contributed by atoms with E-state index in [2.05, 4.69) is 0 Å². The van der Waals surface area contributed by atoms with Gasteiger partial charge in [0.1, 0.15) is 6.17 Å². The summed E-state index contributed by atoms with van der Waals surface area (Å²) in [4.78, 5) is 12.4. The number of fused-ring (bicyclic) bond motifs is 1. The molecule has 3 atom stereocenters. The van der Waals surface area contributed by atoms with Gasteiger partial charge in [-0.3, -0.25) is 4.79 Å². The molecule has 3 aliphatic rings. The Morgan fingerprint density at radius 2 is 2.40 bits per heavy atom. The molecule has 2 aliphatic heterocycles. The highest BCUT2D eigenvalue weighted by molar-refractivity contribution is 5.74. The van der Waals surface area contributed by atoms with E-state index in [4.69, 9.17) is 0 Å². The molecule has 2 nitrogen and oxygen atoms in total. The second-order valence-corrected chi connectivity index (χ2v) is 3.18. The molecular formula is C7H10FNO. The van der Waals surface area contributed by atoms with Crippen LogP contribution in [0.25, 0.3) is 0 Å². The minimum absolute atomic E-state index is 0.0210. The minimum atomic E-state index is -0.719. The SMILES string of the molecule is CC(=O)N1C[C@H]2C[C@@H]1[C@@H]2F. The molecule has 1 amide bonds. The van der Waals surface area contributed by atoms with Gasteiger partial charge in [0.2, 0.25) is 5.91 Å². The Kier molecular flexibility index (Phi) is 1.05. The topological polar surface area (TPSA) is 20.3 Å². The van der Waals surface area contributed by atoms with E-state index in [0.717, 1.165) is 6.42 Å². The van der Waals surface area contributed by atoms with Crippen LogP contribution in [-0.2, 0) is 4.79 Å². The highest BCUT2D eigenvalue weighted by Crippen LogP contribution is 2.42. The second kappa shape index (κ2) is 1.71. The highest BCUT2D eigenvalue weighted by atomic mass is 19.1. The smallest absolute Gasteiger partial charge is 0.219 e. The van der Waals surface area contributed by atoms with Crippen molar-refractivity contribution in [1.29, 1.82) is 0 Å². The van der Waals surface area contributed by atoms with Gasteiger partial charge in [0.05, 0.1) is 6.04 Å². The number of carbonyl (C=O) groups is 1. The van der Waals surface area contributed by atoms with E-state index in [1.807, 2.05) is 0 Å². The molecule has 0 unspecified atom stereocenters. The van der Waals surface area contributed by atoms with E-state index < -0.39 is 6.17 Å². The Balaban J connectivity index is 2.10. The number of hydrogen-bond acceptors (Lipinski definition) is 1. The molecule has 0 aromatic heterocycles. The van der Waals surface area contributed by atoms with Crippen molar-refractivity contribution in [3.05, 3.63) is 0 Å². The quantitative estimate of drug-likeness (QED) is 0.485. The summed E-state index contributed by atoms with van der Waals surface area (Å²) in [7, 11) is 0. The molecule has 1 aliphatic carbocycles. The van der Waals surface area contributed by atoms with Crippen molar-refractivity contribution in [2.45, 2.75) is 25.6 Å². The normalized spacial score (nSPS) is 43.4. The molecule has 0 spiro atoms. The van der Waals surface area contributed by atoms with Crippen molar-refractivity contribution in [2.24, 2.45) is 5.92 Å². The van der Waals surface area contributed by atoms with E-state index >= 15 is 0 Å². The number of nitrogens with zero attached hydrogens (tertiary/aromatic N) is 1. The zero-order valence-corrected chi connectivity index (χ0v) is 5.88. The Hall–Kier alpha value is -0.600. The monoisotopic (exact) mass is 143 g/mol. The first-order valence-corrected chi connectivity index (χ1v) is 3.61. The molecule has 0 radical (unpaired) electrons. The van der Waals surface area contributed by atoms with Gasteiger partial charge in [-0.05, 0) is 6.42 Å². The fourth-order valence-electron chi connectivity index (χ4n) is 1.91. The van der Waals surface area contributed by atoms with Crippen LogP contribution in [0.2, 0.25) is 0 Å². The molecule has 10 heavy (non-hydrogen) atoms. The van der Waals surface area contributed by atoms with Gasteiger partial charge in [-0.1, -0.05) is 0 Å². The lowest BCUT2D eigenvalue weighted by molar-refractivity contribution is -0.129. The molecule has 1 saturated carbocycles. The molecule has 2 saturated heterocycles. The highest BCUT2D eigenvalue weighted by Gasteiger charge is 2.53. The molecule has 3 heteroatoms. The van der Waals surface area contributed by atoms with E-state index in [1.165, 1.54) is 6.92 Å². The van der Waals surface area contributed by atoms with Gasteiger partial charge in [0, 0.05) is 19.4 Å². The summed E-state index contributed by atoms with van der Waals surface area (Å²) in [5, 5.41) is 0. The Morgan fingerprint density at radius 1 is 1.70 bits per heavy atom. The average Bonchev–Trinajstić information content (AvgIpc) is 2.40. The van der Waals surface area contributed by atoms with Crippen LogP contribution in [0.4, 0.5) is 4.39 Å². The first-order valence-electron chi connectivity index (χ1n) is 3.61. The van der Waals surface area contributed by atoms with Crippen LogP contribution in [0.3, 0.4) is 0 Å². The third-order valence-electron chi connectivity index (χ3n) is 2.60. The molecule has 0 aromatic carbocycles. The van der Waals surface area contributed by atoms with Gasteiger partial charge >= 0.3 is 0 Å². The van der Waals surface area contributed by atoms with Crippen molar-refractivity contribution in [2.75, 3.05) is 6.54 Å². The van der Waals surface area contributed by atoms with E-state index in [-0.39, 0.29) is 17.9 Å². The second-order valence-electron chi connectivity index (χ2n) is 3.18. The molecule has 0 aromatic rings. The third-order valence-corrected chi connectivity index (χ3v) is 2.60. The Labute approximate surface area is 59.0 Å². The summed E-state index contributed by atoms with van der Waals surface area (Å²) in [5.41, 5.74) is 0. The van der Waals surface area contributed by atoms with Gasteiger partial charge in [-0.2, -0.15) is 0 Å². The lowest BCUT2D eigenvalue weighted by atomic mass is 9.84. The lowest BCUT2D eigenvalue weighted by Gasteiger charge is -2.29. The maximum atomic E-state index is 12.8. The van der Waals surface area contributed by atoms with Gasteiger partial charge < -0.3 is 4.90 Å². The van der Waals surface area contributed by atoms with Crippen LogP contribution in [0.1, 0.15) is 13.3 Å². The molecule has 2 bridgehead atoms. The fourth-order valence-corrected chi connectivity index (χ4v) is 1.91. The van der Waals surface area contributed by atoms with Crippen LogP contribution < -0.4 is 0 Å². The summed E-state index contributed by atoms with van der Waals surface area (Å²) >= 11 is 0. The van der Waals surface area contributed by atoms with E-state index in [9.17, 15) is 9.18 Å². The molecule has 3 fully saturated rings. The van der Waals surface area contributed by atoms with Gasteiger partial charge in [0.15, 0.2) is 0 Å². The van der Waals surface area contributed by atoms with Crippen LogP contribution >= 0.6 is 0 Å². The molecule has 0 N–H and O–H groups in total. The summed E-state index contributed by atoms with van der Waals surface area (Å²) < 4.78 is 12.8. The zero-order chi connectivity index (χ0) is 7.30. The van der Waals surface area contributed by atoms with Crippen LogP contribution in [0, 0.1) is 5.92 Å². The van der Waals surface area contributed by atoms with Crippen molar-refractivity contribution in [3.8, 4) is 0 Å². The van der Waals surface area contributed by atoms with Crippen molar-refractivity contribution < 1.29 is 9.18 Å². The van der Waals surface area contributed by atoms with Crippen molar-refractivity contribution in [1.82, 2.24) is 4.90 Å². The largest absolute Gasteiger partial charge is 0.337 e. The fraction of sp³-hybridized carbons (Fsp3) is 0.857. The first kappa shape index (κ1) is 6.13. The number of hydrogen-bond donors (Lipinski definition) is 0. The lowest BCUT2D eigenvalue weighted by Crippen LogP contribution is -2.41. The van der Waals surface area contributed by atoms with Gasteiger partial charge in [-0.25, -0.2) is 4.39 Å². The summed E-state index contributed by atoms with van der Waals surface area (Å²) in [5.74, 6) is 0.182. The molecule has 3 rings (SSSR count). The predicted molar refractivity (Wildman–Crippen MR) is 34.2 cm³/mol. The first-order chi connectivity index (χ1) is 4.70. The summed E-state index contributed by atoms with van der Waals surface area (Å²) in [6, 6.07) is -0.0671. The van der Waals surface area contributed by atoms with Gasteiger partial charge in [0.25, 0.3) is 0 Å². The summed E-state index contributed by atoms with van der Waals surface area (Å²) in [6.45, 7) is 2.16. The molecule has 56 valence electrons. The number of carbonyl (C=O) groups excluding carboxylic acids is 1. The predicted octanol–water partition coefficient (Wildman–Crippen LogP) is 0.575. The van der Waals surface area contributed by atoms with Crippen LogP contribution in [0.15, 0.2) is 0 Å². The average molecular weight is 143 g/mol. The minimum Gasteiger partial charge on any atom is -0.337 e. The third kappa shape index (κ3) is 0.554. The van der Waals surface area contributed by atoms with E-state index in [1.54, 1.807) is 4.90 Å². The summed E-state index contributed by atoms with van der Waals surface area (Å²) in [6.07, 6.45) is 0.171. The van der Waals surface area contributed by atoms with Crippen LogP contribution in [0.5, 0.6) is 0 Å². The Morgan fingerprint density at radius 3 is 2.60 bits per heavy atom. The van der Waals surface area contributed by atoms with E-state index in [0.29, 0.717) is 6.54 Å². The van der Waals surface area contributed by atoms with Crippen molar-refractivity contribution in [3.63, 3.8) is 0 Å². The number of amides is 1. The molecule has 2 heterocycles. The van der Waals surface area contributed by atoms with Crippen LogP contribution in [-0.4, -0.2) is 29.6 Å². The molecular weight excluding hydrogens is 133 g/mol. The zero-order valence-electron chi connectivity index (χ0n) is 5.88. The maximum absolute atomic E-state index is 12.8. The number of rotatable bonds is 0. The van der Waals surface area contributed by atoms with Crippen molar-refractivity contribution >= 4 is 5.91 Å². The number of halogens is 1. The Bertz CT molecular complexity index is 182. The standard InChI is InChI=1S/C7H10FNO/c1-4(10)9-3-5-2-6(9)7(5)8/h5-7H,2-3H2,1H3/t5-,6-,7-/m1/s1. The maximum Gasteiger partial charge on any atom is 0.219 e. The van der Waals surface area contributed by atoms with Gasteiger partial charge in [-0.15, -0.1) is 0 Å².